The minimum Gasteiger partial charge on any atom is -0.351 e. The van der Waals surface area contributed by atoms with Crippen LogP contribution in [0.5, 0.6) is 0 Å². The highest BCUT2D eigenvalue weighted by atomic mass is 35.5. The van der Waals surface area contributed by atoms with E-state index in [4.69, 9.17) is 0 Å². The molecule has 0 atom stereocenters. The summed E-state index contributed by atoms with van der Waals surface area (Å²) in [5, 5.41) is 10.7. The summed E-state index contributed by atoms with van der Waals surface area (Å²) >= 11 is 0. The van der Waals surface area contributed by atoms with Crippen molar-refractivity contribution in [3.05, 3.63) is 52.8 Å². The fourth-order valence-corrected chi connectivity index (χ4v) is 2.49. The minimum atomic E-state index is -0.0292. The number of aryl methyl sites for hydroxylation is 2. The summed E-state index contributed by atoms with van der Waals surface area (Å²) in [4.78, 5) is 12.2. The largest absolute Gasteiger partial charge is 0.351 e. The Kier molecular flexibility index (Phi) is 8.50. The molecule has 0 fully saturated rings. The summed E-state index contributed by atoms with van der Waals surface area (Å²) in [7, 11) is 0. The van der Waals surface area contributed by atoms with Crippen LogP contribution in [0.1, 0.15) is 40.7 Å². The van der Waals surface area contributed by atoms with Crippen LogP contribution in [0, 0.1) is 13.8 Å². The van der Waals surface area contributed by atoms with Gasteiger partial charge < -0.3 is 10.6 Å². The number of nitrogens with zero attached hydrogens (tertiary/aromatic N) is 2. The van der Waals surface area contributed by atoms with Crippen molar-refractivity contribution < 1.29 is 4.79 Å². The average molecular weight is 351 g/mol. The zero-order valence-corrected chi connectivity index (χ0v) is 15.4. The first-order valence-electron chi connectivity index (χ1n) is 8.19. The standard InChI is InChI=1S/C18H26N4O.ClH/c1-4-8-19-9-10-20-18(23)17-7-5-6-16(12-17)13-22-15(3)11-14(2)21-22;/h5-7,11-12,19H,4,8-10,13H2,1-3H3,(H,20,23);1H. The Morgan fingerprint density at radius 1 is 1.17 bits per heavy atom. The van der Waals surface area contributed by atoms with Crippen molar-refractivity contribution in [2.75, 3.05) is 19.6 Å². The molecule has 1 aromatic carbocycles. The average Bonchev–Trinajstić information content (AvgIpc) is 2.85. The van der Waals surface area contributed by atoms with Gasteiger partial charge in [-0.1, -0.05) is 19.1 Å². The van der Waals surface area contributed by atoms with Gasteiger partial charge in [0.1, 0.15) is 0 Å². The van der Waals surface area contributed by atoms with E-state index in [1.165, 1.54) is 0 Å². The number of amides is 1. The van der Waals surface area contributed by atoms with Crippen molar-refractivity contribution in [2.24, 2.45) is 0 Å². The number of rotatable bonds is 8. The third-order valence-corrected chi connectivity index (χ3v) is 3.64. The molecule has 6 heteroatoms. The maximum absolute atomic E-state index is 12.2. The normalized spacial score (nSPS) is 10.3. The maximum atomic E-state index is 12.2. The summed E-state index contributed by atoms with van der Waals surface area (Å²) in [5.41, 5.74) is 3.91. The number of halogens is 1. The second kappa shape index (κ2) is 10.1. The van der Waals surface area contributed by atoms with Gasteiger partial charge in [0.2, 0.25) is 0 Å². The van der Waals surface area contributed by atoms with Gasteiger partial charge in [-0.2, -0.15) is 5.10 Å². The lowest BCUT2D eigenvalue weighted by Crippen LogP contribution is -2.32. The highest BCUT2D eigenvalue weighted by Gasteiger charge is 2.07. The lowest BCUT2D eigenvalue weighted by molar-refractivity contribution is 0.0954. The second-order valence-corrected chi connectivity index (χ2v) is 5.79. The molecule has 0 spiro atoms. The van der Waals surface area contributed by atoms with E-state index >= 15 is 0 Å². The lowest BCUT2D eigenvalue weighted by Gasteiger charge is -2.09. The predicted octanol–water partition coefficient (Wildman–Crippen LogP) is 2.70. The van der Waals surface area contributed by atoms with Crippen molar-refractivity contribution in [3.8, 4) is 0 Å². The number of carbonyl (C=O) groups excluding carboxylic acids is 1. The van der Waals surface area contributed by atoms with E-state index in [-0.39, 0.29) is 18.3 Å². The van der Waals surface area contributed by atoms with Crippen LogP contribution in [-0.4, -0.2) is 35.3 Å². The molecule has 0 aliphatic carbocycles. The Hall–Kier alpha value is -1.85. The molecule has 1 amide bonds. The van der Waals surface area contributed by atoms with Crippen molar-refractivity contribution in [2.45, 2.75) is 33.7 Å². The first-order chi connectivity index (χ1) is 11.1. The minimum absolute atomic E-state index is 0. The molecule has 2 N–H and O–H groups in total. The van der Waals surface area contributed by atoms with Crippen molar-refractivity contribution in [3.63, 3.8) is 0 Å². The Morgan fingerprint density at radius 3 is 2.62 bits per heavy atom. The number of hydrogen-bond acceptors (Lipinski definition) is 3. The summed E-state index contributed by atoms with van der Waals surface area (Å²) in [6, 6.07) is 9.78. The van der Waals surface area contributed by atoms with E-state index in [1.807, 2.05) is 42.8 Å². The molecule has 1 aromatic heterocycles. The number of nitrogens with one attached hydrogen (secondary N) is 2. The topological polar surface area (TPSA) is 58.9 Å². The summed E-state index contributed by atoms with van der Waals surface area (Å²) in [5.74, 6) is -0.0292. The van der Waals surface area contributed by atoms with Gasteiger partial charge in [-0.05, 0) is 50.6 Å². The van der Waals surface area contributed by atoms with Gasteiger partial charge in [-0.25, -0.2) is 0 Å². The Morgan fingerprint density at radius 2 is 1.96 bits per heavy atom. The SMILES string of the molecule is CCCNCCNC(=O)c1cccc(Cn2nc(C)cc2C)c1.Cl. The van der Waals surface area contributed by atoms with Gasteiger partial charge in [-0.15, -0.1) is 12.4 Å². The predicted molar refractivity (Wildman–Crippen MR) is 100.0 cm³/mol. The van der Waals surface area contributed by atoms with Crippen LogP contribution in [0.15, 0.2) is 30.3 Å². The van der Waals surface area contributed by atoms with Crippen molar-refractivity contribution >= 4 is 18.3 Å². The lowest BCUT2D eigenvalue weighted by atomic mass is 10.1. The molecule has 0 saturated carbocycles. The molecular weight excluding hydrogens is 324 g/mol. The van der Waals surface area contributed by atoms with Crippen LogP contribution >= 0.6 is 12.4 Å². The zero-order valence-electron chi connectivity index (χ0n) is 14.6. The molecule has 0 saturated heterocycles. The summed E-state index contributed by atoms with van der Waals surface area (Å²) in [6.45, 7) is 9.25. The van der Waals surface area contributed by atoms with Crippen LogP contribution in [0.25, 0.3) is 0 Å². The Balaban J connectivity index is 0.00000288. The number of carbonyl (C=O) groups is 1. The van der Waals surface area contributed by atoms with E-state index in [0.717, 1.165) is 36.5 Å². The zero-order chi connectivity index (χ0) is 16.7. The molecule has 2 rings (SSSR count). The van der Waals surface area contributed by atoms with Crippen molar-refractivity contribution in [1.82, 2.24) is 20.4 Å². The van der Waals surface area contributed by atoms with Gasteiger partial charge in [0, 0.05) is 24.3 Å². The smallest absolute Gasteiger partial charge is 0.251 e. The first-order valence-corrected chi connectivity index (χ1v) is 8.19. The molecule has 0 bridgehead atoms. The second-order valence-electron chi connectivity index (χ2n) is 5.79. The number of benzene rings is 1. The highest BCUT2D eigenvalue weighted by Crippen LogP contribution is 2.10. The molecule has 0 aliphatic rings. The molecule has 5 nitrogen and oxygen atoms in total. The van der Waals surface area contributed by atoms with Gasteiger partial charge in [-0.3, -0.25) is 9.48 Å². The molecule has 1 heterocycles. The monoisotopic (exact) mass is 350 g/mol. The van der Waals surface area contributed by atoms with E-state index < -0.39 is 0 Å². The fourth-order valence-electron chi connectivity index (χ4n) is 2.49. The Labute approximate surface area is 150 Å². The number of hydrogen-bond donors (Lipinski definition) is 2. The third-order valence-electron chi connectivity index (χ3n) is 3.64. The molecular formula is C18H27ClN4O. The molecule has 0 aliphatic heterocycles. The Bertz CT molecular complexity index is 654. The van der Waals surface area contributed by atoms with Crippen LogP contribution in [0.4, 0.5) is 0 Å². The van der Waals surface area contributed by atoms with E-state index in [1.54, 1.807) is 0 Å². The van der Waals surface area contributed by atoms with E-state index in [2.05, 4.69) is 28.7 Å². The van der Waals surface area contributed by atoms with Crippen molar-refractivity contribution in [1.29, 1.82) is 0 Å². The number of aromatic nitrogens is 2. The maximum Gasteiger partial charge on any atom is 0.251 e. The van der Waals surface area contributed by atoms with Gasteiger partial charge >= 0.3 is 0 Å². The van der Waals surface area contributed by atoms with Crippen LogP contribution in [0.3, 0.4) is 0 Å². The van der Waals surface area contributed by atoms with Gasteiger partial charge in [0.05, 0.1) is 12.2 Å². The van der Waals surface area contributed by atoms with Crippen LogP contribution in [-0.2, 0) is 6.54 Å². The van der Waals surface area contributed by atoms with Gasteiger partial charge in [0.25, 0.3) is 5.91 Å². The quantitative estimate of drug-likeness (QED) is 0.720. The first kappa shape index (κ1) is 20.2. The van der Waals surface area contributed by atoms with Crippen LogP contribution in [0.2, 0.25) is 0 Å². The fraction of sp³-hybridized carbons (Fsp3) is 0.444. The molecule has 24 heavy (non-hydrogen) atoms. The van der Waals surface area contributed by atoms with E-state index in [9.17, 15) is 4.79 Å². The molecule has 2 aromatic rings. The molecule has 0 radical (unpaired) electrons. The van der Waals surface area contributed by atoms with E-state index in [0.29, 0.717) is 18.7 Å². The highest BCUT2D eigenvalue weighted by molar-refractivity contribution is 5.94. The molecule has 0 unspecified atom stereocenters. The third kappa shape index (κ3) is 5.98. The molecule has 132 valence electrons. The van der Waals surface area contributed by atoms with Gasteiger partial charge in [0.15, 0.2) is 0 Å². The summed E-state index contributed by atoms with van der Waals surface area (Å²) in [6.07, 6.45) is 1.10. The summed E-state index contributed by atoms with van der Waals surface area (Å²) < 4.78 is 1.96. The van der Waals surface area contributed by atoms with Crippen LogP contribution < -0.4 is 10.6 Å².